The van der Waals surface area contributed by atoms with Gasteiger partial charge in [-0.05, 0) is 47.4 Å². The zero-order chi connectivity index (χ0) is 18.1. The van der Waals surface area contributed by atoms with Gasteiger partial charge in [-0.15, -0.1) is 0 Å². The Kier molecular flexibility index (Phi) is 6.31. The van der Waals surface area contributed by atoms with Crippen molar-refractivity contribution in [2.75, 3.05) is 0 Å². The molecule has 4 atom stereocenters. The van der Waals surface area contributed by atoms with E-state index in [2.05, 4.69) is 60.6 Å². The minimum atomic E-state index is -1.28. The Hall–Kier alpha value is -0.250. The molecule has 1 nitrogen and oxygen atoms in total. The van der Waals surface area contributed by atoms with Crippen LogP contribution in [0.15, 0.2) is 30.3 Å². The SMILES string of the molecule is C[C@H](C1CCCC1[P+](=O)c1ccccc1)P(C(C)(C)C)C(C)(C)C. The van der Waals surface area contributed by atoms with Crippen molar-refractivity contribution in [3.8, 4) is 0 Å². The van der Waals surface area contributed by atoms with Crippen molar-refractivity contribution in [3.63, 3.8) is 0 Å². The first kappa shape index (κ1) is 20.1. The second-order valence-electron chi connectivity index (χ2n) is 9.28. The van der Waals surface area contributed by atoms with E-state index >= 15 is 0 Å². The Morgan fingerprint density at radius 2 is 1.54 bits per heavy atom. The van der Waals surface area contributed by atoms with Crippen LogP contribution in [0.1, 0.15) is 67.7 Å². The molecule has 3 heteroatoms. The van der Waals surface area contributed by atoms with Crippen LogP contribution < -0.4 is 5.30 Å². The summed E-state index contributed by atoms with van der Waals surface area (Å²) >= 11 is 0. The lowest BCUT2D eigenvalue weighted by Gasteiger charge is -2.47. The predicted molar refractivity (Wildman–Crippen MR) is 111 cm³/mol. The predicted octanol–water partition coefficient (Wildman–Crippen LogP) is 6.78. The molecule has 1 aromatic rings. The van der Waals surface area contributed by atoms with Crippen molar-refractivity contribution >= 4 is 21.0 Å². The molecule has 134 valence electrons. The number of benzene rings is 1. The van der Waals surface area contributed by atoms with Crippen LogP contribution >= 0.6 is 15.7 Å². The molecule has 0 spiro atoms. The zero-order valence-electron chi connectivity index (χ0n) is 16.5. The highest BCUT2D eigenvalue weighted by Gasteiger charge is 2.50. The van der Waals surface area contributed by atoms with Gasteiger partial charge < -0.3 is 0 Å². The molecule has 1 saturated carbocycles. The molecule has 24 heavy (non-hydrogen) atoms. The summed E-state index contributed by atoms with van der Waals surface area (Å²) in [4.78, 5) is 0. The molecule has 2 rings (SSSR count). The van der Waals surface area contributed by atoms with Crippen LogP contribution in [0.5, 0.6) is 0 Å². The lowest BCUT2D eigenvalue weighted by Crippen LogP contribution is -2.35. The first-order chi connectivity index (χ1) is 11.0. The highest BCUT2D eigenvalue weighted by molar-refractivity contribution is 7.61. The summed E-state index contributed by atoms with van der Waals surface area (Å²) in [6, 6.07) is 10.2. The van der Waals surface area contributed by atoms with Gasteiger partial charge in [0.1, 0.15) is 0 Å². The molecule has 0 amide bonds. The van der Waals surface area contributed by atoms with E-state index in [-0.39, 0.29) is 7.92 Å². The van der Waals surface area contributed by atoms with E-state index in [0.717, 1.165) is 11.7 Å². The fourth-order valence-electron chi connectivity index (χ4n) is 5.01. The maximum Gasteiger partial charge on any atom is 0.380 e. The molecule has 1 aromatic carbocycles. The fraction of sp³-hybridized carbons (Fsp3) is 0.714. The van der Waals surface area contributed by atoms with Gasteiger partial charge in [-0.2, -0.15) is 0 Å². The molecular formula is C21H35OP2+. The number of rotatable bonds is 4. The molecule has 3 unspecified atom stereocenters. The Bertz CT molecular complexity index is 539. The molecule has 0 bridgehead atoms. The molecule has 0 heterocycles. The summed E-state index contributed by atoms with van der Waals surface area (Å²) in [6.45, 7) is 16.9. The van der Waals surface area contributed by atoms with Gasteiger partial charge in [0.2, 0.25) is 0 Å². The highest BCUT2D eigenvalue weighted by atomic mass is 31.1. The van der Waals surface area contributed by atoms with Gasteiger partial charge in [-0.3, -0.25) is 0 Å². The van der Waals surface area contributed by atoms with Gasteiger partial charge in [0.15, 0.2) is 11.0 Å². The fourth-order valence-corrected chi connectivity index (χ4v) is 12.4. The smallest absolute Gasteiger partial charge is 0.0923 e. The summed E-state index contributed by atoms with van der Waals surface area (Å²) in [5.74, 6) is 0.610. The van der Waals surface area contributed by atoms with E-state index in [9.17, 15) is 4.57 Å². The average Bonchev–Trinajstić information content (AvgIpc) is 2.93. The van der Waals surface area contributed by atoms with Gasteiger partial charge in [0, 0.05) is 5.92 Å². The van der Waals surface area contributed by atoms with Gasteiger partial charge in [0.05, 0.1) is 0 Å². The second-order valence-corrected chi connectivity index (χ2v) is 15.3. The van der Waals surface area contributed by atoms with E-state index < -0.39 is 7.80 Å². The Labute approximate surface area is 151 Å². The van der Waals surface area contributed by atoms with Crippen molar-refractivity contribution in [1.82, 2.24) is 0 Å². The maximum absolute atomic E-state index is 13.2. The molecule has 0 N–H and O–H groups in total. The monoisotopic (exact) mass is 365 g/mol. The first-order valence-electron chi connectivity index (χ1n) is 9.34. The van der Waals surface area contributed by atoms with E-state index in [1.165, 1.54) is 12.8 Å². The van der Waals surface area contributed by atoms with Crippen LogP contribution in [-0.4, -0.2) is 21.6 Å². The van der Waals surface area contributed by atoms with Gasteiger partial charge in [-0.25, -0.2) is 0 Å². The summed E-state index contributed by atoms with van der Waals surface area (Å²) in [5.41, 5.74) is 1.03. The van der Waals surface area contributed by atoms with Crippen molar-refractivity contribution in [3.05, 3.63) is 30.3 Å². The van der Waals surface area contributed by atoms with Crippen molar-refractivity contribution in [1.29, 1.82) is 0 Å². The lowest BCUT2D eigenvalue weighted by atomic mass is 10.0. The van der Waals surface area contributed by atoms with Crippen molar-refractivity contribution < 1.29 is 4.57 Å². The largest absolute Gasteiger partial charge is 0.380 e. The summed E-state index contributed by atoms with van der Waals surface area (Å²) in [7, 11) is -1.45. The molecule has 0 saturated heterocycles. The van der Waals surface area contributed by atoms with E-state index in [1.807, 2.05) is 18.2 Å². The topological polar surface area (TPSA) is 17.1 Å². The third-order valence-electron chi connectivity index (χ3n) is 5.32. The summed E-state index contributed by atoms with van der Waals surface area (Å²) in [5, 5.41) is 1.71. The summed E-state index contributed by atoms with van der Waals surface area (Å²) < 4.78 is 13.2. The van der Waals surface area contributed by atoms with Crippen LogP contribution in [0.2, 0.25) is 0 Å². The molecule has 1 aliphatic rings. The van der Waals surface area contributed by atoms with Crippen LogP contribution in [0, 0.1) is 5.92 Å². The first-order valence-corrected chi connectivity index (χ1v) is 12.1. The molecule has 0 aliphatic heterocycles. The number of hydrogen-bond acceptors (Lipinski definition) is 1. The van der Waals surface area contributed by atoms with Crippen LogP contribution in [0.4, 0.5) is 0 Å². The normalized spacial score (nSPS) is 24.2. The Morgan fingerprint density at radius 1 is 1.00 bits per heavy atom. The molecular weight excluding hydrogens is 330 g/mol. The van der Waals surface area contributed by atoms with E-state index in [4.69, 9.17) is 0 Å². The Morgan fingerprint density at radius 3 is 2.04 bits per heavy atom. The van der Waals surface area contributed by atoms with Gasteiger partial charge >= 0.3 is 7.80 Å². The quantitative estimate of drug-likeness (QED) is 0.538. The van der Waals surface area contributed by atoms with Crippen molar-refractivity contribution in [2.45, 2.75) is 89.4 Å². The molecule has 0 radical (unpaired) electrons. The van der Waals surface area contributed by atoms with Crippen LogP contribution in [0.3, 0.4) is 0 Å². The minimum absolute atomic E-state index is 0.164. The zero-order valence-corrected chi connectivity index (χ0v) is 18.3. The molecule has 1 aliphatic carbocycles. The average molecular weight is 365 g/mol. The van der Waals surface area contributed by atoms with Gasteiger partial charge in [-0.1, -0.05) is 79.2 Å². The second kappa shape index (κ2) is 7.55. The highest BCUT2D eigenvalue weighted by Crippen LogP contribution is 2.66. The standard InChI is InChI=1S/C21H35OP2/c1-16(24(20(2,3)4)21(5,6)7)18-14-11-15-19(18)23(22)17-12-9-8-10-13-17/h8-10,12-13,16,18-19H,11,14-15H2,1-7H3/q+1/t16-,18?,19?/m1/s1. The van der Waals surface area contributed by atoms with E-state index in [0.29, 0.717) is 27.5 Å². The van der Waals surface area contributed by atoms with E-state index in [1.54, 1.807) is 0 Å². The third-order valence-corrected chi connectivity index (χ3v) is 11.5. The van der Waals surface area contributed by atoms with Gasteiger partial charge in [0.25, 0.3) is 0 Å². The Balaban J connectivity index is 2.27. The van der Waals surface area contributed by atoms with Crippen LogP contribution in [0.25, 0.3) is 0 Å². The molecule has 0 aromatic heterocycles. The van der Waals surface area contributed by atoms with Crippen LogP contribution in [-0.2, 0) is 4.57 Å². The number of hydrogen-bond donors (Lipinski definition) is 0. The summed E-state index contributed by atoms with van der Waals surface area (Å²) in [6.07, 6.45) is 3.63. The lowest BCUT2D eigenvalue weighted by molar-refractivity contribution is 0.509. The minimum Gasteiger partial charge on any atom is -0.0923 e. The third kappa shape index (κ3) is 4.47. The van der Waals surface area contributed by atoms with Crippen molar-refractivity contribution in [2.24, 2.45) is 5.92 Å². The maximum atomic E-state index is 13.2. The molecule has 1 fully saturated rings.